The predicted molar refractivity (Wildman–Crippen MR) is 57.3 cm³/mol. The maximum absolute atomic E-state index is 11.3. The van der Waals surface area contributed by atoms with Gasteiger partial charge in [-0.1, -0.05) is 25.5 Å². The van der Waals surface area contributed by atoms with E-state index >= 15 is 0 Å². The first-order valence-corrected chi connectivity index (χ1v) is 5.38. The summed E-state index contributed by atoms with van der Waals surface area (Å²) in [7, 11) is -0.788. The normalized spacial score (nSPS) is 20.4. The lowest BCUT2D eigenvalue weighted by Crippen LogP contribution is -2.29. The standard InChI is InChI=1S/C10H17BO4/c1-2-3-7-14-10(12)8-9-5-4-6-11(13)15-9/h4-5,9,13H,2-3,6-8H2,1H3/t9-/m0/s1. The van der Waals surface area contributed by atoms with Crippen molar-refractivity contribution in [2.75, 3.05) is 6.61 Å². The molecule has 0 aliphatic carbocycles. The van der Waals surface area contributed by atoms with Crippen molar-refractivity contribution in [3.8, 4) is 0 Å². The quantitative estimate of drug-likeness (QED) is 0.321. The Morgan fingerprint density at radius 3 is 3.20 bits per heavy atom. The molecular formula is C10H17BO4. The fourth-order valence-corrected chi connectivity index (χ4v) is 1.32. The van der Waals surface area contributed by atoms with E-state index in [4.69, 9.17) is 9.39 Å². The van der Waals surface area contributed by atoms with Gasteiger partial charge in [0.2, 0.25) is 0 Å². The number of unbranched alkanes of at least 4 members (excludes halogenated alkanes) is 1. The Morgan fingerprint density at radius 1 is 1.73 bits per heavy atom. The second-order valence-electron chi connectivity index (χ2n) is 3.57. The molecular weight excluding hydrogens is 195 g/mol. The minimum Gasteiger partial charge on any atom is -0.466 e. The topological polar surface area (TPSA) is 55.8 Å². The van der Waals surface area contributed by atoms with Crippen LogP contribution in [0.5, 0.6) is 0 Å². The Bertz CT molecular complexity index is 229. The summed E-state index contributed by atoms with van der Waals surface area (Å²) >= 11 is 0. The summed E-state index contributed by atoms with van der Waals surface area (Å²) in [5.74, 6) is -0.271. The van der Waals surface area contributed by atoms with Crippen molar-refractivity contribution in [1.29, 1.82) is 0 Å². The van der Waals surface area contributed by atoms with Crippen molar-refractivity contribution in [3.05, 3.63) is 12.2 Å². The fraction of sp³-hybridized carbons (Fsp3) is 0.700. The van der Waals surface area contributed by atoms with E-state index in [-0.39, 0.29) is 18.5 Å². The van der Waals surface area contributed by atoms with Crippen LogP contribution < -0.4 is 0 Å². The summed E-state index contributed by atoms with van der Waals surface area (Å²) in [6.45, 7) is 2.51. The third-order valence-electron chi connectivity index (χ3n) is 2.15. The predicted octanol–water partition coefficient (Wildman–Crippen LogP) is 1.16. The first-order chi connectivity index (χ1) is 7.22. The molecule has 0 aromatic rings. The molecule has 0 aromatic heterocycles. The Labute approximate surface area is 90.4 Å². The number of allylic oxidation sites excluding steroid dienone is 1. The second kappa shape index (κ2) is 6.64. The minimum atomic E-state index is -0.788. The maximum Gasteiger partial charge on any atom is 0.458 e. The molecule has 1 N–H and O–H groups in total. The molecule has 0 bridgehead atoms. The summed E-state index contributed by atoms with van der Waals surface area (Å²) in [4.78, 5) is 11.3. The lowest BCUT2D eigenvalue weighted by Gasteiger charge is -2.19. The average Bonchev–Trinajstić information content (AvgIpc) is 2.18. The van der Waals surface area contributed by atoms with E-state index in [1.807, 2.05) is 13.0 Å². The summed E-state index contributed by atoms with van der Waals surface area (Å²) in [5, 5.41) is 9.18. The molecule has 0 radical (unpaired) electrons. The highest BCUT2D eigenvalue weighted by Gasteiger charge is 2.23. The number of hydrogen-bond donors (Lipinski definition) is 1. The molecule has 5 heteroatoms. The maximum atomic E-state index is 11.3. The zero-order chi connectivity index (χ0) is 11.1. The van der Waals surface area contributed by atoms with Gasteiger partial charge >= 0.3 is 13.1 Å². The van der Waals surface area contributed by atoms with E-state index in [0.717, 1.165) is 12.8 Å². The van der Waals surface area contributed by atoms with E-state index in [2.05, 4.69) is 0 Å². The highest BCUT2D eigenvalue weighted by atomic mass is 16.5. The van der Waals surface area contributed by atoms with Crippen LogP contribution in [0.2, 0.25) is 6.32 Å². The van der Waals surface area contributed by atoms with Gasteiger partial charge in [-0.05, 0) is 6.42 Å². The molecule has 1 rings (SSSR count). The van der Waals surface area contributed by atoms with Crippen LogP contribution in [-0.2, 0) is 14.2 Å². The molecule has 15 heavy (non-hydrogen) atoms. The van der Waals surface area contributed by atoms with Gasteiger partial charge in [0.05, 0.1) is 19.1 Å². The van der Waals surface area contributed by atoms with Crippen molar-refractivity contribution in [2.24, 2.45) is 0 Å². The molecule has 0 saturated heterocycles. The van der Waals surface area contributed by atoms with Gasteiger partial charge in [0.15, 0.2) is 0 Å². The van der Waals surface area contributed by atoms with Crippen molar-refractivity contribution in [1.82, 2.24) is 0 Å². The molecule has 1 heterocycles. The van der Waals surface area contributed by atoms with E-state index in [1.54, 1.807) is 6.08 Å². The molecule has 0 aromatic carbocycles. The van der Waals surface area contributed by atoms with Gasteiger partial charge in [0.25, 0.3) is 0 Å². The van der Waals surface area contributed by atoms with E-state index < -0.39 is 7.12 Å². The summed E-state index contributed by atoms with van der Waals surface area (Å²) < 4.78 is 10.1. The molecule has 1 aliphatic heterocycles. The Balaban J connectivity index is 2.19. The first-order valence-electron chi connectivity index (χ1n) is 5.38. The van der Waals surface area contributed by atoms with Gasteiger partial charge in [-0.3, -0.25) is 4.79 Å². The van der Waals surface area contributed by atoms with Crippen LogP contribution in [-0.4, -0.2) is 30.8 Å². The van der Waals surface area contributed by atoms with E-state index in [0.29, 0.717) is 12.9 Å². The van der Waals surface area contributed by atoms with Crippen LogP contribution in [0, 0.1) is 0 Å². The number of hydrogen-bond acceptors (Lipinski definition) is 4. The number of carbonyl (C=O) groups excluding carboxylic acids is 1. The van der Waals surface area contributed by atoms with Gasteiger partial charge in [0.1, 0.15) is 0 Å². The first kappa shape index (κ1) is 12.3. The zero-order valence-corrected chi connectivity index (χ0v) is 9.02. The lowest BCUT2D eigenvalue weighted by atomic mass is 9.82. The monoisotopic (exact) mass is 212 g/mol. The molecule has 0 saturated carbocycles. The van der Waals surface area contributed by atoms with Crippen LogP contribution in [0.1, 0.15) is 26.2 Å². The van der Waals surface area contributed by atoms with Crippen LogP contribution in [0.4, 0.5) is 0 Å². The molecule has 84 valence electrons. The molecule has 0 unspecified atom stereocenters. The number of ether oxygens (including phenoxy) is 1. The number of esters is 1. The number of rotatable bonds is 5. The van der Waals surface area contributed by atoms with Crippen molar-refractivity contribution in [2.45, 2.75) is 38.6 Å². The Hall–Kier alpha value is -0.805. The minimum absolute atomic E-state index is 0.178. The van der Waals surface area contributed by atoms with Gasteiger partial charge in [-0.25, -0.2) is 0 Å². The van der Waals surface area contributed by atoms with Crippen molar-refractivity contribution >= 4 is 13.1 Å². The molecule has 0 fully saturated rings. The van der Waals surface area contributed by atoms with Gasteiger partial charge in [-0.15, -0.1) is 0 Å². The molecule has 0 amide bonds. The number of carbonyl (C=O) groups is 1. The van der Waals surface area contributed by atoms with Crippen LogP contribution in [0.3, 0.4) is 0 Å². The van der Waals surface area contributed by atoms with Crippen molar-refractivity contribution in [3.63, 3.8) is 0 Å². The molecule has 1 atom stereocenters. The van der Waals surface area contributed by atoms with Gasteiger partial charge in [0, 0.05) is 6.32 Å². The SMILES string of the molecule is CCCCOC(=O)C[C@@H]1C=CCB(O)O1. The smallest absolute Gasteiger partial charge is 0.458 e. The van der Waals surface area contributed by atoms with Crippen molar-refractivity contribution < 1.29 is 19.2 Å². The lowest BCUT2D eigenvalue weighted by molar-refractivity contribution is -0.145. The fourth-order valence-electron chi connectivity index (χ4n) is 1.32. The summed E-state index contributed by atoms with van der Waals surface area (Å²) in [6.07, 6.45) is 5.81. The highest BCUT2D eigenvalue weighted by Crippen LogP contribution is 2.12. The van der Waals surface area contributed by atoms with E-state index in [1.165, 1.54) is 0 Å². The third kappa shape index (κ3) is 5.00. The average molecular weight is 212 g/mol. The van der Waals surface area contributed by atoms with Crippen LogP contribution >= 0.6 is 0 Å². The summed E-state index contributed by atoms with van der Waals surface area (Å²) in [6, 6.07) is 0. The third-order valence-corrected chi connectivity index (χ3v) is 2.15. The second-order valence-corrected chi connectivity index (χ2v) is 3.57. The van der Waals surface area contributed by atoms with Crippen LogP contribution in [0.15, 0.2) is 12.2 Å². The summed E-state index contributed by atoms with van der Waals surface area (Å²) in [5.41, 5.74) is 0. The zero-order valence-electron chi connectivity index (χ0n) is 9.02. The largest absolute Gasteiger partial charge is 0.466 e. The van der Waals surface area contributed by atoms with Crippen LogP contribution in [0.25, 0.3) is 0 Å². The molecule has 0 spiro atoms. The highest BCUT2D eigenvalue weighted by molar-refractivity contribution is 6.43. The molecule has 4 nitrogen and oxygen atoms in total. The Kier molecular flexibility index (Phi) is 5.43. The van der Waals surface area contributed by atoms with E-state index in [9.17, 15) is 9.82 Å². The van der Waals surface area contributed by atoms with Gasteiger partial charge < -0.3 is 14.4 Å². The van der Waals surface area contributed by atoms with Gasteiger partial charge in [-0.2, -0.15) is 0 Å². The Morgan fingerprint density at radius 2 is 2.53 bits per heavy atom. The molecule has 1 aliphatic rings.